The number of nitrogens with zero attached hydrogens (tertiary/aromatic N) is 2. The summed E-state index contributed by atoms with van der Waals surface area (Å²) in [6.45, 7) is -0.108. The Bertz CT molecular complexity index is 687. The lowest BCUT2D eigenvalue weighted by Crippen LogP contribution is -2.22. The molecule has 1 aromatic carbocycles. The number of aryl methyl sites for hydroxylation is 1. The van der Waals surface area contributed by atoms with Crippen molar-refractivity contribution in [3.05, 3.63) is 30.0 Å². The van der Waals surface area contributed by atoms with Gasteiger partial charge >= 0.3 is 0 Å². The molecule has 0 bridgehead atoms. The van der Waals surface area contributed by atoms with Crippen molar-refractivity contribution in [1.82, 2.24) is 8.87 Å². The summed E-state index contributed by atoms with van der Waals surface area (Å²) < 4.78 is 27.1. The lowest BCUT2D eigenvalue weighted by molar-refractivity contribution is 0.283. The van der Waals surface area contributed by atoms with Crippen LogP contribution < -0.4 is 0 Å². The maximum absolute atomic E-state index is 12.0. The minimum absolute atomic E-state index is 0.108. The van der Waals surface area contributed by atoms with E-state index in [-0.39, 0.29) is 11.5 Å². The number of hydrogen-bond acceptors (Lipinski definition) is 3. The second-order valence-corrected chi connectivity index (χ2v) is 6.54. The predicted octanol–water partition coefficient (Wildman–Crippen LogP) is 0.921. The summed E-state index contributed by atoms with van der Waals surface area (Å²) >= 11 is 0. The summed E-state index contributed by atoms with van der Waals surface area (Å²) in [5.41, 5.74) is 1.63. The zero-order chi connectivity index (χ0) is 13.5. The highest BCUT2D eigenvalue weighted by atomic mass is 32.2. The number of aliphatic hydroxyl groups is 1. The third-order valence-corrected chi connectivity index (χ3v) is 4.80. The van der Waals surface area contributed by atoms with Gasteiger partial charge in [-0.05, 0) is 18.2 Å². The minimum atomic E-state index is -3.44. The van der Waals surface area contributed by atoms with Crippen LogP contribution in [0.4, 0.5) is 0 Å². The van der Waals surface area contributed by atoms with Crippen molar-refractivity contribution in [2.45, 2.75) is 11.5 Å². The number of hydrogen-bond donors (Lipinski definition) is 1. The molecule has 0 spiro atoms. The second kappa shape index (κ2) is 4.38. The van der Waals surface area contributed by atoms with Crippen LogP contribution in [0.3, 0.4) is 0 Å². The van der Waals surface area contributed by atoms with Crippen LogP contribution in [0, 0.1) is 0 Å². The van der Waals surface area contributed by atoms with Crippen molar-refractivity contribution in [3.63, 3.8) is 0 Å². The van der Waals surface area contributed by atoms with Gasteiger partial charge in [0.1, 0.15) is 0 Å². The normalized spacial score (nSPS) is 12.5. The van der Waals surface area contributed by atoms with Crippen molar-refractivity contribution in [2.24, 2.45) is 7.05 Å². The molecule has 1 N–H and O–H groups in total. The molecular formula is C12H16N2O3S. The molecule has 18 heavy (non-hydrogen) atoms. The Balaban J connectivity index is 2.71. The maximum Gasteiger partial charge on any atom is 0.242 e. The fourth-order valence-electron chi connectivity index (χ4n) is 1.95. The largest absolute Gasteiger partial charge is 0.392 e. The first kappa shape index (κ1) is 13.1. The summed E-state index contributed by atoms with van der Waals surface area (Å²) in [6, 6.07) is 4.94. The van der Waals surface area contributed by atoms with Crippen molar-refractivity contribution < 1.29 is 13.5 Å². The highest BCUT2D eigenvalue weighted by molar-refractivity contribution is 7.89. The van der Waals surface area contributed by atoms with Crippen LogP contribution >= 0.6 is 0 Å². The van der Waals surface area contributed by atoms with Gasteiger partial charge < -0.3 is 9.67 Å². The second-order valence-electron chi connectivity index (χ2n) is 4.39. The molecule has 0 atom stereocenters. The molecule has 98 valence electrons. The summed E-state index contributed by atoms with van der Waals surface area (Å²) in [7, 11) is 1.42. The Morgan fingerprint density at radius 2 is 2.00 bits per heavy atom. The van der Waals surface area contributed by atoms with Crippen LogP contribution in [0.2, 0.25) is 0 Å². The predicted molar refractivity (Wildman–Crippen MR) is 69.7 cm³/mol. The molecule has 5 nitrogen and oxygen atoms in total. The molecule has 0 unspecified atom stereocenters. The molecule has 0 radical (unpaired) electrons. The van der Waals surface area contributed by atoms with E-state index in [4.69, 9.17) is 0 Å². The topological polar surface area (TPSA) is 62.5 Å². The Morgan fingerprint density at radius 1 is 1.33 bits per heavy atom. The van der Waals surface area contributed by atoms with Gasteiger partial charge in [0.25, 0.3) is 0 Å². The van der Waals surface area contributed by atoms with Crippen LogP contribution in [0.1, 0.15) is 5.56 Å². The van der Waals surface area contributed by atoms with Crippen LogP contribution in [-0.2, 0) is 23.7 Å². The molecule has 0 aliphatic rings. The maximum atomic E-state index is 12.0. The van der Waals surface area contributed by atoms with E-state index in [1.807, 2.05) is 11.6 Å². The smallest absolute Gasteiger partial charge is 0.242 e. The summed E-state index contributed by atoms with van der Waals surface area (Å²) in [6.07, 6.45) is 1.80. The Labute approximate surface area is 106 Å². The van der Waals surface area contributed by atoms with Crippen LogP contribution in [0.5, 0.6) is 0 Å². The molecule has 0 fully saturated rings. The first-order chi connectivity index (χ1) is 8.37. The molecule has 2 rings (SSSR count). The Morgan fingerprint density at radius 3 is 2.56 bits per heavy atom. The molecule has 0 amide bonds. The fraction of sp³-hybridized carbons (Fsp3) is 0.333. The van der Waals surface area contributed by atoms with Gasteiger partial charge in [-0.15, -0.1) is 0 Å². The number of fused-ring (bicyclic) bond motifs is 1. The third kappa shape index (κ3) is 1.92. The molecule has 0 saturated carbocycles. The lowest BCUT2D eigenvalue weighted by atomic mass is 10.2. The zero-order valence-electron chi connectivity index (χ0n) is 10.6. The molecular weight excluding hydrogens is 252 g/mol. The van der Waals surface area contributed by atoms with Gasteiger partial charge in [-0.3, -0.25) is 0 Å². The molecule has 0 aliphatic heterocycles. The van der Waals surface area contributed by atoms with Gasteiger partial charge in [-0.1, -0.05) is 0 Å². The number of aliphatic hydroxyl groups excluding tert-OH is 1. The SMILES string of the molecule is CN(C)S(=O)(=O)c1ccc2c(c1)c(CO)cn2C. The molecule has 6 heteroatoms. The van der Waals surface area contributed by atoms with Crippen molar-refractivity contribution >= 4 is 20.9 Å². The standard InChI is InChI=1S/C12H16N2O3S/c1-13(2)18(16,17)10-4-5-12-11(6-10)9(8-15)7-14(12)3/h4-7,15H,8H2,1-3H3. The van der Waals surface area contributed by atoms with E-state index < -0.39 is 10.0 Å². The molecule has 0 aliphatic carbocycles. The van der Waals surface area contributed by atoms with Gasteiger partial charge in [0.15, 0.2) is 0 Å². The lowest BCUT2D eigenvalue weighted by Gasteiger charge is -2.11. The molecule has 1 heterocycles. The number of benzene rings is 1. The number of aromatic nitrogens is 1. The zero-order valence-corrected chi connectivity index (χ0v) is 11.4. The van der Waals surface area contributed by atoms with E-state index in [9.17, 15) is 13.5 Å². The summed E-state index contributed by atoms with van der Waals surface area (Å²) in [5.74, 6) is 0. The van der Waals surface area contributed by atoms with Crippen molar-refractivity contribution in [3.8, 4) is 0 Å². The van der Waals surface area contributed by atoms with Crippen LogP contribution in [0.25, 0.3) is 10.9 Å². The summed E-state index contributed by atoms with van der Waals surface area (Å²) in [5, 5.41) is 10.0. The third-order valence-electron chi connectivity index (χ3n) is 2.99. The average Bonchev–Trinajstić information content (AvgIpc) is 2.65. The molecule has 1 aromatic heterocycles. The molecule has 0 saturated heterocycles. The number of rotatable bonds is 3. The Kier molecular flexibility index (Phi) is 3.18. The van der Waals surface area contributed by atoms with Gasteiger partial charge in [0.05, 0.1) is 11.5 Å². The quantitative estimate of drug-likeness (QED) is 0.900. The van der Waals surface area contributed by atoms with E-state index in [1.54, 1.807) is 24.4 Å². The van der Waals surface area contributed by atoms with Gasteiger partial charge in [-0.2, -0.15) is 0 Å². The summed E-state index contributed by atoms with van der Waals surface area (Å²) in [4.78, 5) is 0.237. The minimum Gasteiger partial charge on any atom is -0.392 e. The highest BCUT2D eigenvalue weighted by Gasteiger charge is 2.18. The van der Waals surface area contributed by atoms with Crippen molar-refractivity contribution in [2.75, 3.05) is 14.1 Å². The first-order valence-corrected chi connectivity index (χ1v) is 6.93. The average molecular weight is 268 g/mol. The van der Waals surface area contributed by atoms with Gasteiger partial charge in [0.2, 0.25) is 10.0 Å². The van der Waals surface area contributed by atoms with Crippen LogP contribution in [-0.4, -0.2) is 36.5 Å². The van der Waals surface area contributed by atoms with E-state index in [0.29, 0.717) is 0 Å². The van der Waals surface area contributed by atoms with E-state index >= 15 is 0 Å². The van der Waals surface area contributed by atoms with E-state index in [2.05, 4.69) is 0 Å². The van der Waals surface area contributed by atoms with E-state index in [0.717, 1.165) is 16.5 Å². The Hall–Kier alpha value is -1.37. The van der Waals surface area contributed by atoms with Gasteiger partial charge in [-0.25, -0.2) is 12.7 Å². The molecule has 2 aromatic rings. The van der Waals surface area contributed by atoms with E-state index in [1.165, 1.54) is 18.4 Å². The number of sulfonamides is 1. The van der Waals surface area contributed by atoms with Gasteiger partial charge in [0, 0.05) is 43.8 Å². The first-order valence-electron chi connectivity index (χ1n) is 5.49. The highest BCUT2D eigenvalue weighted by Crippen LogP contribution is 2.25. The van der Waals surface area contributed by atoms with Crippen LogP contribution in [0.15, 0.2) is 29.3 Å². The van der Waals surface area contributed by atoms with Crippen molar-refractivity contribution in [1.29, 1.82) is 0 Å². The monoisotopic (exact) mass is 268 g/mol. The fourth-order valence-corrected chi connectivity index (χ4v) is 2.88.